The summed E-state index contributed by atoms with van der Waals surface area (Å²) in [6.45, 7) is 0. The first-order valence-electron chi connectivity index (χ1n) is 7.46. The zero-order valence-corrected chi connectivity index (χ0v) is 14.1. The summed E-state index contributed by atoms with van der Waals surface area (Å²) in [6, 6.07) is 2.14. The predicted molar refractivity (Wildman–Crippen MR) is 81.8 cm³/mol. The minimum atomic E-state index is -4.38. The van der Waals surface area contributed by atoms with E-state index in [9.17, 15) is 31.7 Å². The number of nitrogens with one attached hydrogen (secondary N) is 1. The molecule has 1 saturated carbocycles. The number of rotatable bonds is 5. The van der Waals surface area contributed by atoms with Gasteiger partial charge in [0.15, 0.2) is 0 Å². The fraction of sp³-hybridized carbons (Fsp3) is 0.571. The number of nitro benzene ring substituents is 1. The van der Waals surface area contributed by atoms with Crippen LogP contribution in [0, 0.1) is 16.0 Å². The van der Waals surface area contributed by atoms with E-state index in [4.69, 9.17) is 4.74 Å². The van der Waals surface area contributed by atoms with Crippen molar-refractivity contribution in [2.75, 3.05) is 7.11 Å². The van der Waals surface area contributed by atoms with Crippen LogP contribution in [0.1, 0.15) is 25.7 Å². The fourth-order valence-corrected chi connectivity index (χ4v) is 4.34. The van der Waals surface area contributed by atoms with Crippen LogP contribution in [-0.4, -0.2) is 32.7 Å². The normalized spacial score (nSPS) is 21.8. The molecule has 0 saturated heterocycles. The van der Waals surface area contributed by atoms with Crippen molar-refractivity contribution in [1.29, 1.82) is 0 Å². The first kappa shape index (κ1) is 19.4. The topological polar surface area (TPSA) is 98.5 Å². The Hall–Kier alpha value is -1.88. The lowest BCUT2D eigenvalue weighted by Crippen LogP contribution is -2.41. The van der Waals surface area contributed by atoms with Gasteiger partial charge in [0.1, 0.15) is 10.6 Å². The number of benzene rings is 1. The van der Waals surface area contributed by atoms with E-state index in [-0.39, 0.29) is 31.4 Å². The van der Waals surface area contributed by atoms with E-state index in [0.717, 1.165) is 18.2 Å². The highest BCUT2D eigenvalue weighted by Crippen LogP contribution is 2.38. The van der Waals surface area contributed by atoms with Gasteiger partial charge in [0.2, 0.25) is 10.0 Å². The first-order chi connectivity index (χ1) is 11.5. The van der Waals surface area contributed by atoms with Crippen LogP contribution < -0.4 is 9.46 Å². The Morgan fingerprint density at radius 3 is 2.56 bits per heavy atom. The van der Waals surface area contributed by atoms with Crippen LogP contribution in [0.3, 0.4) is 0 Å². The molecular weight excluding hydrogens is 365 g/mol. The number of nitrogens with zero attached hydrogens (tertiary/aromatic N) is 1. The molecule has 1 aromatic rings. The lowest BCUT2D eigenvalue weighted by Gasteiger charge is -2.30. The lowest BCUT2D eigenvalue weighted by atomic mass is 9.86. The van der Waals surface area contributed by atoms with E-state index in [1.165, 1.54) is 7.11 Å². The number of hydrogen-bond acceptors (Lipinski definition) is 5. The van der Waals surface area contributed by atoms with E-state index in [1.54, 1.807) is 0 Å². The molecule has 1 aromatic carbocycles. The number of ether oxygens (including phenoxy) is 1. The molecule has 1 fully saturated rings. The molecule has 0 spiro atoms. The molecule has 0 radical (unpaired) electrons. The van der Waals surface area contributed by atoms with Crippen molar-refractivity contribution in [1.82, 2.24) is 4.72 Å². The maximum absolute atomic E-state index is 12.9. The van der Waals surface area contributed by atoms with Crippen LogP contribution in [0.4, 0.5) is 18.9 Å². The van der Waals surface area contributed by atoms with E-state index >= 15 is 0 Å². The Kier molecular flexibility index (Phi) is 5.57. The molecule has 0 amide bonds. The molecular formula is C14H17F3N2O5S. The van der Waals surface area contributed by atoms with Crippen LogP contribution in [0.25, 0.3) is 0 Å². The summed E-state index contributed by atoms with van der Waals surface area (Å²) >= 11 is 0. The largest absolute Gasteiger partial charge is 0.495 e. The van der Waals surface area contributed by atoms with Gasteiger partial charge >= 0.3 is 6.18 Å². The average molecular weight is 382 g/mol. The molecule has 25 heavy (non-hydrogen) atoms. The van der Waals surface area contributed by atoms with Gasteiger partial charge in [0, 0.05) is 18.2 Å². The lowest BCUT2D eigenvalue weighted by molar-refractivity contribution is -0.385. The molecule has 0 aliphatic heterocycles. The third kappa shape index (κ3) is 4.60. The van der Waals surface area contributed by atoms with Crippen molar-refractivity contribution < 1.29 is 31.2 Å². The highest BCUT2D eigenvalue weighted by atomic mass is 32.2. The summed E-state index contributed by atoms with van der Waals surface area (Å²) in [5.74, 6) is -1.69. The molecule has 7 nitrogen and oxygen atoms in total. The van der Waals surface area contributed by atoms with Gasteiger partial charge in [0.05, 0.1) is 18.0 Å². The van der Waals surface area contributed by atoms with Crippen LogP contribution in [0.5, 0.6) is 5.75 Å². The molecule has 2 atom stereocenters. The second-order valence-corrected chi connectivity index (χ2v) is 7.50. The molecule has 1 aliphatic carbocycles. The molecule has 2 rings (SSSR count). The van der Waals surface area contributed by atoms with Crippen molar-refractivity contribution in [3.05, 3.63) is 28.3 Å². The molecule has 0 unspecified atom stereocenters. The van der Waals surface area contributed by atoms with Crippen LogP contribution in [0.2, 0.25) is 0 Å². The number of halogens is 3. The van der Waals surface area contributed by atoms with E-state index in [2.05, 4.69) is 4.72 Å². The van der Waals surface area contributed by atoms with Crippen molar-refractivity contribution in [3.63, 3.8) is 0 Å². The van der Waals surface area contributed by atoms with Crippen molar-refractivity contribution >= 4 is 15.7 Å². The predicted octanol–water partition coefficient (Wildman–Crippen LogP) is 3.00. The first-order valence-corrected chi connectivity index (χ1v) is 8.94. The van der Waals surface area contributed by atoms with Gasteiger partial charge in [-0.15, -0.1) is 0 Å². The third-order valence-electron chi connectivity index (χ3n) is 4.11. The average Bonchev–Trinajstić information content (AvgIpc) is 2.53. The quantitative estimate of drug-likeness (QED) is 0.623. The number of non-ortho nitro benzene ring substituents is 1. The number of sulfonamides is 1. The van der Waals surface area contributed by atoms with Gasteiger partial charge in [0.25, 0.3) is 5.69 Å². The zero-order valence-electron chi connectivity index (χ0n) is 13.2. The summed E-state index contributed by atoms with van der Waals surface area (Å²) in [5, 5.41) is 10.8. The number of alkyl halides is 3. The summed E-state index contributed by atoms with van der Waals surface area (Å²) in [7, 11) is -3.08. The Balaban J connectivity index is 2.27. The zero-order chi connectivity index (χ0) is 18.8. The standard InChI is InChI=1S/C14H17F3N2O5S/c1-24-12-6-5-11(19(20)21)8-13(12)25(22,23)18-10-4-2-3-9(7-10)14(15,16)17/h5-6,8-10,18H,2-4,7H2,1H3/t9-,10-/m1/s1. The second-order valence-electron chi connectivity index (χ2n) is 5.82. The highest BCUT2D eigenvalue weighted by Gasteiger charge is 2.43. The number of methoxy groups -OCH3 is 1. The Bertz CT molecular complexity index is 751. The van der Waals surface area contributed by atoms with Gasteiger partial charge < -0.3 is 4.74 Å². The summed E-state index contributed by atoms with van der Waals surface area (Å²) in [5.41, 5.74) is -0.460. The molecule has 0 heterocycles. The van der Waals surface area contributed by atoms with Crippen LogP contribution >= 0.6 is 0 Å². The maximum Gasteiger partial charge on any atom is 0.391 e. The van der Waals surface area contributed by atoms with Crippen LogP contribution in [0.15, 0.2) is 23.1 Å². The molecule has 1 N–H and O–H groups in total. The summed E-state index contributed by atoms with van der Waals surface area (Å²) in [4.78, 5) is 9.61. The van der Waals surface area contributed by atoms with E-state index < -0.39 is 43.7 Å². The van der Waals surface area contributed by atoms with Gasteiger partial charge in [-0.1, -0.05) is 6.42 Å². The summed E-state index contributed by atoms with van der Waals surface area (Å²) in [6.07, 6.45) is -4.28. The number of nitro groups is 1. The Labute approximate surface area is 142 Å². The molecule has 11 heteroatoms. The number of hydrogen-bond donors (Lipinski definition) is 1. The van der Waals surface area contributed by atoms with E-state index in [1.807, 2.05) is 0 Å². The Morgan fingerprint density at radius 2 is 2.00 bits per heavy atom. The van der Waals surface area contributed by atoms with E-state index in [0.29, 0.717) is 0 Å². The molecule has 0 bridgehead atoms. The molecule has 0 aromatic heterocycles. The van der Waals surface area contributed by atoms with Gasteiger partial charge in [-0.25, -0.2) is 13.1 Å². The summed E-state index contributed by atoms with van der Waals surface area (Å²) < 4.78 is 70.7. The third-order valence-corrected chi connectivity index (χ3v) is 5.65. The highest BCUT2D eigenvalue weighted by molar-refractivity contribution is 7.89. The van der Waals surface area contributed by atoms with Gasteiger partial charge in [-0.2, -0.15) is 13.2 Å². The minimum Gasteiger partial charge on any atom is -0.495 e. The maximum atomic E-state index is 12.9. The van der Waals surface area contributed by atoms with Crippen LogP contribution in [-0.2, 0) is 10.0 Å². The SMILES string of the molecule is COc1ccc([N+](=O)[O-])cc1S(=O)(=O)N[C@@H]1CCC[C@@H](C(F)(F)F)C1. The smallest absolute Gasteiger partial charge is 0.391 e. The fourth-order valence-electron chi connectivity index (χ4n) is 2.87. The second kappa shape index (κ2) is 7.16. The van der Waals surface area contributed by atoms with Gasteiger partial charge in [-0.3, -0.25) is 10.1 Å². The molecule has 140 valence electrons. The van der Waals surface area contributed by atoms with Crippen molar-refractivity contribution in [2.24, 2.45) is 5.92 Å². The van der Waals surface area contributed by atoms with Crippen molar-refractivity contribution in [2.45, 2.75) is 42.8 Å². The Morgan fingerprint density at radius 1 is 1.32 bits per heavy atom. The minimum absolute atomic E-state index is 0.0398. The monoisotopic (exact) mass is 382 g/mol. The molecule has 1 aliphatic rings. The van der Waals surface area contributed by atoms with Crippen molar-refractivity contribution in [3.8, 4) is 5.75 Å². The van der Waals surface area contributed by atoms with Gasteiger partial charge in [-0.05, 0) is 25.3 Å².